The summed E-state index contributed by atoms with van der Waals surface area (Å²) in [6.07, 6.45) is 2.10. The van der Waals surface area contributed by atoms with Crippen LogP contribution in [0.2, 0.25) is 0 Å². The van der Waals surface area contributed by atoms with E-state index in [0.717, 1.165) is 42.2 Å². The summed E-state index contributed by atoms with van der Waals surface area (Å²) in [7, 11) is 3.21. The Morgan fingerprint density at radius 2 is 2.12 bits per heavy atom. The second-order valence-corrected chi connectivity index (χ2v) is 7.02. The molecule has 2 heterocycles. The molecule has 0 saturated carbocycles. The van der Waals surface area contributed by atoms with Crippen molar-refractivity contribution >= 4 is 17.2 Å². The van der Waals surface area contributed by atoms with Crippen molar-refractivity contribution in [3.8, 4) is 22.1 Å². The van der Waals surface area contributed by atoms with Crippen LogP contribution in [0.25, 0.3) is 10.6 Å². The van der Waals surface area contributed by atoms with Crippen LogP contribution >= 0.6 is 11.3 Å². The molecule has 6 nitrogen and oxygen atoms in total. The number of carbonyl (C=O) groups excluding carboxylic acids is 1. The molecule has 2 N–H and O–H groups in total. The number of amides is 1. The number of hydrogen-bond acceptors (Lipinski definition) is 6. The van der Waals surface area contributed by atoms with Crippen LogP contribution in [0.1, 0.15) is 28.2 Å². The van der Waals surface area contributed by atoms with Crippen molar-refractivity contribution in [2.24, 2.45) is 0 Å². The van der Waals surface area contributed by atoms with Gasteiger partial charge in [-0.25, -0.2) is 4.98 Å². The van der Waals surface area contributed by atoms with Gasteiger partial charge in [-0.15, -0.1) is 11.3 Å². The summed E-state index contributed by atoms with van der Waals surface area (Å²) in [5.41, 5.74) is 1.65. The summed E-state index contributed by atoms with van der Waals surface area (Å²) in [6, 6.07) is 5.83. The lowest BCUT2D eigenvalue weighted by Crippen LogP contribution is -2.45. The summed E-state index contributed by atoms with van der Waals surface area (Å²) in [4.78, 5) is 17.8. The van der Waals surface area contributed by atoms with Gasteiger partial charge in [0, 0.05) is 18.2 Å². The molecule has 1 amide bonds. The highest BCUT2D eigenvalue weighted by molar-refractivity contribution is 7.17. The first kappa shape index (κ1) is 17.7. The lowest BCUT2D eigenvalue weighted by Gasteiger charge is -2.23. The number of methoxy groups -OCH3 is 2. The van der Waals surface area contributed by atoms with Gasteiger partial charge >= 0.3 is 0 Å². The maximum absolute atomic E-state index is 12.6. The number of rotatable bonds is 5. The number of aromatic nitrogens is 1. The van der Waals surface area contributed by atoms with Gasteiger partial charge in [0.05, 0.1) is 19.9 Å². The quantitative estimate of drug-likeness (QED) is 0.856. The molecule has 1 aromatic heterocycles. The van der Waals surface area contributed by atoms with Gasteiger partial charge in [0.25, 0.3) is 5.91 Å². The Kier molecular flexibility index (Phi) is 5.55. The predicted molar refractivity (Wildman–Crippen MR) is 98.7 cm³/mol. The molecule has 1 unspecified atom stereocenters. The first-order valence-electron chi connectivity index (χ1n) is 8.33. The molecule has 1 saturated heterocycles. The van der Waals surface area contributed by atoms with Crippen LogP contribution in [-0.2, 0) is 0 Å². The summed E-state index contributed by atoms with van der Waals surface area (Å²) in [5.74, 6) is 1.27. The number of benzene rings is 1. The molecule has 1 atom stereocenters. The van der Waals surface area contributed by atoms with Crippen molar-refractivity contribution in [1.29, 1.82) is 0 Å². The van der Waals surface area contributed by atoms with Gasteiger partial charge in [0.15, 0.2) is 11.5 Å². The van der Waals surface area contributed by atoms with Crippen LogP contribution in [0.15, 0.2) is 18.2 Å². The average molecular weight is 361 g/mol. The topological polar surface area (TPSA) is 72.5 Å². The van der Waals surface area contributed by atoms with Crippen LogP contribution in [0.3, 0.4) is 0 Å². The van der Waals surface area contributed by atoms with Crippen LogP contribution in [0.5, 0.6) is 11.5 Å². The molecular formula is C18H23N3O3S. The van der Waals surface area contributed by atoms with E-state index in [-0.39, 0.29) is 11.9 Å². The second kappa shape index (κ2) is 7.84. The third-order valence-corrected chi connectivity index (χ3v) is 5.47. The number of ether oxygens (including phenoxy) is 2. The number of piperidine rings is 1. The summed E-state index contributed by atoms with van der Waals surface area (Å²) < 4.78 is 10.6. The fourth-order valence-corrected chi connectivity index (χ4v) is 3.89. The predicted octanol–water partition coefficient (Wildman–Crippen LogP) is 2.62. The average Bonchev–Trinajstić information content (AvgIpc) is 3.03. The molecule has 0 aliphatic carbocycles. The molecule has 1 fully saturated rings. The Bertz CT molecular complexity index is 754. The van der Waals surface area contributed by atoms with E-state index in [1.165, 1.54) is 11.3 Å². The van der Waals surface area contributed by atoms with Gasteiger partial charge < -0.3 is 20.1 Å². The molecule has 134 valence electrons. The zero-order chi connectivity index (χ0) is 17.8. The number of thiazole rings is 1. The fourth-order valence-electron chi connectivity index (χ4n) is 2.93. The summed E-state index contributed by atoms with van der Waals surface area (Å²) in [5, 5.41) is 7.21. The molecule has 1 aromatic carbocycles. The standard InChI is InChI=1S/C18H23N3O3S/c1-11-16(17(22)21-13-5-4-8-19-10-13)25-18(20-11)12-6-7-14(23-2)15(9-12)24-3/h6-7,9,13,19H,4-5,8,10H2,1-3H3,(H,21,22). The Morgan fingerprint density at radius 3 is 2.80 bits per heavy atom. The largest absolute Gasteiger partial charge is 0.493 e. The first-order chi connectivity index (χ1) is 12.1. The van der Waals surface area contributed by atoms with Crippen molar-refractivity contribution in [2.75, 3.05) is 27.3 Å². The molecule has 7 heteroatoms. The zero-order valence-electron chi connectivity index (χ0n) is 14.7. The lowest BCUT2D eigenvalue weighted by atomic mass is 10.1. The minimum absolute atomic E-state index is 0.0459. The minimum atomic E-state index is -0.0459. The van der Waals surface area contributed by atoms with E-state index in [4.69, 9.17) is 9.47 Å². The first-order valence-corrected chi connectivity index (χ1v) is 9.15. The molecule has 1 aliphatic rings. The summed E-state index contributed by atoms with van der Waals surface area (Å²) in [6.45, 7) is 3.72. The number of nitrogens with one attached hydrogen (secondary N) is 2. The normalized spacial score (nSPS) is 17.2. The van der Waals surface area contributed by atoms with Crippen LogP contribution in [0.4, 0.5) is 0 Å². The molecular weight excluding hydrogens is 338 g/mol. The SMILES string of the molecule is COc1ccc(-c2nc(C)c(C(=O)NC3CCCNC3)s2)cc1OC. The molecule has 0 spiro atoms. The van der Waals surface area contributed by atoms with E-state index in [0.29, 0.717) is 16.4 Å². The molecule has 0 bridgehead atoms. The summed E-state index contributed by atoms with van der Waals surface area (Å²) >= 11 is 1.40. The van der Waals surface area contributed by atoms with Crippen molar-refractivity contribution in [3.05, 3.63) is 28.8 Å². The monoisotopic (exact) mass is 361 g/mol. The van der Waals surface area contributed by atoms with Crippen molar-refractivity contribution in [1.82, 2.24) is 15.6 Å². The lowest BCUT2D eigenvalue weighted by molar-refractivity contribution is 0.0934. The minimum Gasteiger partial charge on any atom is -0.493 e. The maximum atomic E-state index is 12.6. The van der Waals surface area contributed by atoms with Crippen LogP contribution in [-0.4, -0.2) is 44.2 Å². The van der Waals surface area contributed by atoms with Gasteiger partial charge in [0.1, 0.15) is 9.88 Å². The van der Waals surface area contributed by atoms with Gasteiger partial charge in [-0.05, 0) is 44.5 Å². The van der Waals surface area contributed by atoms with Crippen molar-refractivity contribution < 1.29 is 14.3 Å². The van der Waals surface area contributed by atoms with Crippen LogP contribution in [0, 0.1) is 6.92 Å². The van der Waals surface area contributed by atoms with Crippen molar-refractivity contribution in [2.45, 2.75) is 25.8 Å². The molecule has 1 aliphatic heterocycles. The third-order valence-electron chi connectivity index (χ3n) is 4.27. The van der Waals surface area contributed by atoms with Gasteiger partial charge in [-0.3, -0.25) is 4.79 Å². The zero-order valence-corrected chi connectivity index (χ0v) is 15.5. The molecule has 2 aromatic rings. The van der Waals surface area contributed by atoms with Gasteiger partial charge in [-0.1, -0.05) is 0 Å². The van der Waals surface area contributed by atoms with Gasteiger partial charge in [0.2, 0.25) is 0 Å². The number of aryl methyl sites for hydroxylation is 1. The Morgan fingerprint density at radius 1 is 1.32 bits per heavy atom. The highest BCUT2D eigenvalue weighted by atomic mass is 32.1. The molecule has 3 rings (SSSR count). The highest BCUT2D eigenvalue weighted by Gasteiger charge is 2.21. The maximum Gasteiger partial charge on any atom is 0.263 e. The second-order valence-electron chi connectivity index (χ2n) is 6.02. The van der Waals surface area contributed by atoms with E-state index in [1.807, 2.05) is 25.1 Å². The Labute approximate surface area is 151 Å². The van der Waals surface area contributed by atoms with E-state index in [9.17, 15) is 4.79 Å². The Balaban J connectivity index is 1.81. The Hall–Kier alpha value is -2.12. The van der Waals surface area contributed by atoms with E-state index >= 15 is 0 Å². The van der Waals surface area contributed by atoms with E-state index in [1.54, 1.807) is 14.2 Å². The molecule has 25 heavy (non-hydrogen) atoms. The smallest absolute Gasteiger partial charge is 0.263 e. The number of carbonyl (C=O) groups is 1. The van der Waals surface area contributed by atoms with Crippen molar-refractivity contribution in [3.63, 3.8) is 0 Å². The molecule has 0 radical (unpaired) electrons. The highest BCUT2D eigenvalue weighted by Crippen LogP contribution is 2.35. The van der Waals surface area contributed by atoms with Gasteiger partial charge in [-0.2, -0.15) is 0 Å². The number of hydrogen-bond donors (Lipinski definition) is 2. The number of nitrogens with zero attached hydrogens (tertiary/aromatic N) is 1. The van der Waals surface area contributed by atoms with E-state index in [2.05, 4.69) is 15.6 Å². The fraction of sp³-hybridized carbons (Fsp3) is 0.444. The third kappa shape index (κ3) is 3.93. The van der Waals surface area contributed by atoms with E-state index < -0.39 is 0 Å². The van der Waals surface area contributed by atoms with Crippen LogP contribution < -0.4 is 20.1 Å².